The predicted molar refractivity (Wildman–Crippen MR) is 173 cm³/mol. The highest BCUT2D eigenvalue weighted by molar-refractivity contribution is 6.08. The summed E-state index contributed by atoms with van der Waals surface area (Å²) < 4.78 is 0. The lowest BCUT2D eigenvalue weighted by atomic mass is 10.1. The van der Waals surface area contributed by atoms with Crippen molar-refractivity contribution in [3.05, 3.63) is 155 Å². The van der Waals surface area contributed by atoms with Crippen molar-refractivity contribution in [1.82, 2.24) is 0 Å². The van der Waals surface area contributed by atoms with Crippen LogP contribution in [0.15, 0.2) is 121 Å². The number of hydrogen-bond acceptors (Lipinski definition) is 4. The predicted octanol–water partition coefficient (Wildman–Crippen LogP) is 7.31. The van der Waals surface area contributed by atoms with E-state index >= 15 is 0 Å². The van der Waals surface area contributed by atoms with Crippen LogP contribution in [0.25, 0.3) is 0 Å². The molecule has 0 saturated carbocycles. The van der Waals surface area contributed by atoms with E-state index < -0.39 is 0 Å². The number of carbonyl (C=O) groups is 4. The minimum atomic E-state index is -0.332. The number of anilines is 4. The van der Waals surface area contributed by atoms with Crippen molar-refractivity contribution in [2.24, 2.45) is 0 Å². The molecule has 5 aromatic carbocycles. The zero-order valence-corrected chi connectivity index (χ0v) is 24.2. The summed E-state index contributed by atoms with van der Waals surface area (Å²) >= 11 is 0. The van der Waals surface area contributed by atoms with Crippen LogP contribution in [0.5, 0.6) is 0 Å². The molecule has 44 heavy (non-hydrogen) atoms. The normalized spacial score (nSPS) is 10.4. The van der Waals surface area contributed by atoms with E-state index in [9.17, 15) is 19.2 Å². The number of aryl methyl sites for hydroxylation is 2. The van der Waals surface area contributed by atoms with Gasteiger partial charge in [0.15, 0.2) is 0 Å². The van der Waals surface area contributed by atoms with Gasteiger partial charge in [0.1, 0.15) is 0 Å². The molecule has 8 nitrogen and oxygen atoms in total. The number of nitrogens with one attached hydrogen (secondary N) is 4. The molecule has 4 N–H and O–H groups in total. The van der Waals surface area contributed by atoms with E-state index in [1.165, 1.54) is 0 Å². The van der Waals surface area contributed by atoms with Crippen molar-refractivity contribution in [3.8, 4) is 0 Å². The Morgan fingerprint density at radius 2 is 0.705 bits per heavy atom. The molecular weight excluding hydrogens is 552 g/mol. The summed E-state index contributed by atoms with van der Waals surface area (Å²) in [7, 11) is 0. The highest BCUT2D eigenvalue weighted by atomic mass is 16.2. The minimum Gasteiger partial charge on any atom is -0.322 e. The quantitative estimate of drug-likeness (QED) is 0.153. The van der Waals surface area contributed by atoms with E-state index in [1.54, 1.807) is 109 Å². The maximum absolute atomic E-state index is 12.9. The maximum atomic E-state index is 12.9. The molecule has 0 unspecified atom stereocenters. The first-order chi connectivity index (χ1) is 21.3. The molecular formula is C36H30N4O4. The Labute approximate surface area is 255 Å². The highest BCUT2D eigenvalue weighted by Crippen LogP contribution is 2.23. The molecule has 0 heterocycles. The average molecular weight is 583 g/mol. The fourth-order valence-corrected chi connectivity index (χ4v) is 4.51. The van der Waals surface area contributed by atoms with Crippen molar-refractivity contribution < 1.29 is 19.2 Å². The van der Waals surface area contributed by atoms with Crippen LogP contribution in [-0.4, -0.2) is 23.6 Å². The number of rotatable bonds is 8. The van der Waals surface area contributed by atoms with Gasteiger partial charge in [0, 0.05) is 45.0 Å². The third-order valence-corrected chi connectivity index (χ3v) is 6.95. The van der Waals surface area contributed by atoms with Gasteiger partial charge in [-0.1, -0.05) is 36.4 Å². The molecule has 0 aromatic heterocycles. The molecule has 8 heteroatoms. The van der Waals surface area contributed by atoms with Crippen LogP contribution in [0.4, 0.5) is 22.7 Å². The second kappa shape index (κ2) is 13.3. The largest absolute Gasteiger partial charge is 0.322 e. The fraction of sp³-hybridized carbons (Fsp3) is 0.0556. The third-order valence-electron chi connectivity index (χ3n) is 6.95. The molecule has 0 fully saturated rings. The van der Waals surface area contributed by atoms with E-state index in [1.807, 2.05) is 26.0 Å². The van der Waals surface area contributed by atoms with E-state index in [2.05, 4.69) is 21.3 Å². The van der Waals surface area contributed by atoms with Crippen LogP contribution in [0.3, 0.4) is 0 Å². The monoisotopic (exact) mass is 582 g/mol. The molecule has 5 rings (SSSR count). The van der Waals surface area contributed by atoms with Crippen LogP contribution >= 0.6 is 0 Å². The Balaban J connectivity index is 1.17. The lowest BCUT2D eigenvalue weighted by Crippen LogP contribution is -2.15. The second-order valence-electron chi connectivity index (χ2n) is 10.2. The number of hydrogen-bond donors (Lipinski definition) is 4. The minimum absolute atomic E-state index is 0.214. The molecule has 0 aliphatic heterocycles. The zero-order chi connectivity index (χ0) is 31.1. The van der Waals surface area contributed by atoms with E-state index in [0.717, 1.165) is 11.1 Å². The lowest BCUT2D eigenvalue weighted by molar-refractivity contribution is 0.101. The van der Waals surface area contributed by atoms with Crippen LogP contribution < -0.4 is 21.3 Å². The summed E-state index contributed by atoms with van der Waals surface area (Å²) in [5.74, 6) is -1.09. The van der Waals surface area contributed by atoms with Crippen molar-refractivity contribution >= 4 is 46.4 Å². The molecule has 0 atom stereocenters. The van der Waals surface area contributed by atoms with Crippen molar-refractivity contribution in [3.63, 3.8) is 0 Å². The van der Waals surface area contributed by atoms with Gasteiger partial charge in [0.05, 0.1) is 0 Å². The summed E-state index contributed by atoms with van der Waals surface area (Å²) in [5, 5.41) is 11.5. The molecule has 218 valence electrons. The first-order valence-corrected chi connectivity index (χ1v) is 13.9. The smallest absolute Gasteiger partial charge is 0.255 e. The zero-order valence-electron chi connectivity index (χ0n) is 24.2. The Morgan fingerprint density at radius 3 is 1.05 bits per heavy atom. The summed E-state index contributed by atoms with van der Waals surface area (Å²) in [4.78, 5) is 50.7. The van der Waals surface area contributed by atoms with Crippen molar-refractivity contribution in [2.45, 2.75) is 13.8 Å². The van der Waals surface area contributed by atoms with Crippen LogP contribution in [0, 0.1) is 13.8 Å². The molecule has 4 amide bonds. The van der Waals surface area contributed by atoms with Gasteiger partial charge in [-0.05, 0) is 110 Å². The summed E-state index contributed by atoms with van der Waals surface area (Å²) in [6, 6.07) is 34.7. The fourth-order valence-electron chi connectivity index (χ4n) is 4.51. The lowest BCUT2D eigenvalue weighted by Gasteiger charge is -2.12. The van der Waals surface area contributed by atoms with Gasteiger partial charge in [0.25, 0.3) is 23.6 Å². The van der Waals surface area contributed by atoms with E-state index in [-0.39, 0.29) is 23.6 Å². The molecule has 0 bridgehead atoms. The maximum Gasteiger partial charge on any atom is 0.255 e. The number of amides is 4. The second-order valence-corrected chi connectivity index (χ2v) is 10.2. The van der Waals surface area contributed by atoms with Gasteiger partial charge in [-0.25, -0.2) is 0 Å². The SMILES string of the molecule is Cc1cc(NC(=O)c2ccc(C(=O)Nc3ccc(NC(=O)c4ccccc4)c(C)c3)cc2)ccc1NC(=O)c1ccccc1. The molecule has 0 spiro atoms. The molecule has 0 aliphatic rings. The van der Waals surface area contributed by atoms with Crippen molar-refractivity contribution in [1.29, 1.82) is 0 Å². The first kappa shape index (κ1) is 29.5. The third kappa shape index (κ3) is 7.24. The summed E-state index contributed by atoms with van der Waals surface area (Å²) in [5.41, 5.74) is 5.91. The molecule has 0 radical (unpaired) electrons. The Morgan fingerprint density at radius 1 is 0.386 bits per heavy atom. The molecule has 0 saturated heterocycles. The number of carbonyl (C=O) groups excluding carboxylic acids is 4. The Kier molecular flexibility index (Phi) is 8.91. The molecule has 5 aromatic rings. The van der Waals surface area contributed by atoms with E-state index in [4.69, 9.17) is 0 Å². The first-order valence-electron chi connectivity index (χ1n) is 13.9. The van der Waals surface area contributed by atoms with Crippen LogP contribution in [-0.2, 0) is 0 Å². The van der Waals surface area contributed by atoms with Gasteiger partial charge in [0.2, 0.25) is 0 Å². The highest BCUT2D eigenvalue weighted by Gasteiger charge is 2.13. The van der Waals surface area contributed by atoms with Gasteiger partial charge in [-0.2, -0.15) is 0 Å². The van der Waals surface area contributed by atoms with Crippen LogP contribution in [0.2, 0.25) is 0 Å². The summed E-state index contributed by atoms with van der Waals surface area (Å²) in [6.45, 7) is 3.69. The summed E-state index contributed by atoms with van der Waals surface area (Å²) in [6.07, 6.45) is 0. The standard InChI is InChI=1S/C36H30N4O4/c1-23-21-29(17-19-31(23)39-35(43)25-9-5-3-6-10-25)37-33(41)27-13-15-28(16-14-27)34(42)38-30-18-20-32(24(2)22-30)40-36(44)26-11-7-4-8-12-26/h3-22H,1-2H3,(H,37,41)(H,38,42)(H,39,43)(H,40,44). The van der Waals surface area contributed by atoms with Crippen molar-refractivity contribution in [2.75, 3.05) is 21.3 Å². The van der Waals surface area contributed by atoms with Crippen LogP contribution in [0.1, 0.15) is 52.6 Å². The molecule has 0 aliphatic carbocycles. The average Bonchev–Trinajstić information content (AvgIpc) is 3.04. The Hall–Kier alpha value is -6.02. The van der Waals surface area contributed by atoms with Gasteiger partial charge in [-0.15, -0.1) is 0 Å². The topological polar surface area (TPSA) is 116 Å². The van der Waals surface area contributed by atoms with Gasteiger partial charge >= 0.3 is 0 Å². The van der Waals surface area contributed by atoms with E-state index in [0.29, 0.717) is 45.0 Å². The van der Waals surface area contributed by atoms with Gasteiger partial charge < -0.3 is 21.3 Å². The number of benzene rings is 5. The van der Waals surface area contributed by atoms with Gasteiger partial charge in [-0.3, -0.25) is 19.2 Å². The Bertz CT molecular complexity index is 1700.